The van der Waals surface area contributed by atoms with Gasteiger partial charge in [-0.25, -0.2) is 0 Å². The molecule has 0 aliphatic carbocycles. The van der Waals surface area contributed by atoms with Crippen molar-refractivity contribution in [2.75, 3.05) is 52.4 Å². The average molecular weight is 543 g/mol. The van der Waals surface area contributed by atoms with Crippen LogP contribution in [-0.4, -0.2) is 89.8 Å². The SMILES string of the molecule is Cc1ccc([C@@H](C(=O)[C@H](c2ccc(C)cc2)N2CCCC2CN2CCCC2)N2CCCC2CN2CCCC2)cc1. The Bertz CT molecular complexity index is 1020. The molecule has 216 valence electrons. The van der Waals surface area contributed by atoms with Gasteiger partial charge in [-0.1, -0.05) is 59.7 Å². The van der Waals surface area contributed by atoms with Gasteiger partial charge in [0, 0.05) is 25.2 Å². The molecule has 2 aromatic carbocycles. The summed E-state index contributed by atoms with van der Waals surface area (Å²) in [6.45, 7) is 13.4. The second kappa shape index (κ2) is 12.9. The molecule has 0 bridgehead atoms. The molecule has 4 saturated heterocycles. The lowest BCUT2D eigenvalue weighted by molar-refractivity contribution is -0.131. The molecule has 6 rings (SSSR count). The van der Waals surface area contributed by atoms with E-state index >= 15 is 4.79 Å². The quantitative estimate of drug-likeness (QED) is 0.380. The predicted molar refractivity (Wildman–Crippen MR) is 164 cm³/mol. The number of carbonyl (C=O) groups excluding carboxylic acids is 1. The van der Waals surface area contributed by atoms with Crippen molar-refractivity contribution in [2.24, 2.45) is 0 Å². The summed E-state index contributed by atoms with van der Waals surface area (Å²) in [6.07, 6.45) is 10.0. The van der Waals surface area contributed by atoms with Crippen LogP contribution in [0.1, 0.15) is 85.7 Å². The highest BCUT2D eigenvalue weighted by Gasteiger charge is 2.44. The van der Waals surface area contributed by atoms with E-state index in [1.807, 2.05) is 0 Å². The molecule has 0 N–H and O–H groups in total. The van der Waals surface area contributed by atoms with E-state index in [4.69, 9.17) is 0 Å². The van der Waals surface area contributed by atoms with E-state index in [1.165, 1.54) is 99.8 Å². The van der Waals surface area contributed by atoms with Gasteiger partial charge in [0.2, 0.25) is 0 Å². The number of ketones is 1. The van der Waals surface area contributed by atoms with Gasteiger partial charge in [-0.3, -0.25) is 14.6 Å². The summed E-state index contributed by atoms with van der Waals surface area (Å²) < 4.78 is 0. The molecule has 0 amide bonds. The molecule has 5 nitrogen and oxygen atoms in total. The molecule has 0 aromatic heterocycles. The number of rotatable bonds is 10. The first-order chi connectivity index (χ1) is 19.6. The zero-order valence-corrected chi connectivity index (χ0v) is 24.9. The van der Waals surface area contributed by atoms with E-state index in [1.54, 1.807) is 0 Å². The molecule has 4 heterocycles. The first-order valence-electron chi connectivity index (χ1n) is 16.2. The van der Waals surface area contributed by atoms with Crippen LogP contribution >= 0.6 is 0 Å². The molecule has 40 heavy (non-hydrogen) atoms. The molecule has 0 spiro atoms. The molecule has 0 saturated carbocycles. The maximum atomic E-state index is 15.2. The Kier molecular flexibility index (Phi) is 9.03. The van der Waals surface area contributed by atoms with Crippen molar-refractivity contribution in [2.45, 2.75) is 89.4 Å². The molecule has 2 unspecified atom stereocenters. The molecule has 4 fully saturated rings. The van der Waals surface area contributed by atoms with Crippen LogP contribution in [0.2, 0.25) is 0 Å². The van der Waals surface area contributed by atoms with Gasteiger partial charge in [0.25, 0.3) is 0 Å². The van der Waals surface area contributed by atoms with Gasteiger partial charge < -0.3 is 9.80 Å². The van der Waals surface area contributed by atoms with E-state index in [0.29, 0.717) is 17.9 Å². The Morgan fingerprint density at radius 3 is 1.35 bits per heavy atom. The molecular weight excluding hydrogens is 492 g/mol. The summed E-state index contributed by atoms with van der Waals surface area (Å²) in [6, 6.07) is 18.3. The zero-order chi connectivity index (χ0) is 27.5. The van der Waals surface area contributed by atoms with Crippen LogP contribution in [0.25, 0.3) is 0 Å². The summed E-state index contributed by atoms with van der Waals surface area (Å²) in [5.74, 6) is 0.384. The van der Waals surface area contributed by atoms with Crippen LogP contribution in [0.4, 0.5) is 0 Å². The minimum atomic E-state index is -0.199. The van der Waals surface area contributed by atoms with Crippen molar-refractivity contribution in [3.8, 4) is 0 Å². The first-order valence-corrected chi connectivity index (χ1v) is 16.2. The maximum Gasteiger partial charge on any atom is 0.176 e. The summed E-state index contributed by atoms with van der Waals surface area (Å²) in [7, 11) is 0. The third-order valence-electron chi connectivity index (χ3n) is 10.2. The number of likely N-dealkylation sites (tertiary alicyclic amines) is 4. The normalized spacial score (nSPS) is 26.6. The fourth-order valence-corrected chi connectivity index (χ4v) is 8.00. The van der Waals surface area contributed by atoms with Crippen LogP contribution in [0.3, 0.4) is 0 Å². The number of nitrogens with zero attached hydrogens (tertiary/aromatic N) is 4. The van der Waals surface area contributed by atoms with E-state index in [-0.39, 0.29) is 12.1 Å². The highest BCUT2D eigenvalue weighted by atomic mass is 16.1. The van der Waals surface area contributed by atoms with Crippen molar-refractivity contribution in [3.63, 3.8) is 0 Å². The number of hydrogen-bond acceptors (Lipinski definition) is 5. The van der Waals surface area contributed by atoms with Crippen molar-refractivity contribution in [3.05, 3.63) is 70.8 Å². The largest absolute Gasteiger partial charge is 0.302 e. The molecular formula is C35H50N4O. The minimum absolute atomic E-state index is 0.199. The Balaban J connectivity index is 1.35. The van der Waals surface area contributed by atoms with Crippen LogP contribution in [0.5, 0.6) is 0 Å². The van der Waals surface area contributed by atoms with Gasteiger partial charge in [-0.2, -0.15) is 0 Å². The molecule has 0 radical (unpaired) electrons. The van der Waals surface area contributed by atoms with Crippen molar-refractivity contribution in [1.29, 1.82) is 0 Å². The minimum Gasteiger partial charge on any atom is -0.302 e. The molecule has 4 atom stereocenters. The van der Waals surface area contributed by atoms with Crippen LogP contribution in [0.15, 0.2) is 48.5 Å². The molecule has 2 aromatic rings. The van der Waals surface area contributed by atoms with Crippen molar-refractivity contribution in [1.82, 2.24) is 19.6 Å². The molecule has 4 aliphatic rings. The second-order valence-corrected chi connectivity index (χ2v) is 13.1. The van der Waals surface area contributed by atoms with E-state index < -0.39 is 0 Å². The molecule has 4 aliphatic heterocycles. The fourth-order valence-electron chi connectivity index (χ4n) is 8.00. The number of carbonyl (C=O) groups is 1. The van der Waals surface area contributed by atoms with Gasteiger partial charge in [-0.15, -0.1) is 0 Å². The number of aryl methyl sites for hydroxylation is 2. The summed E-state index contributed by atoms with van der Waals surface area (Å²) >= 11 is 0. The Morgan fingerprint density at radius 2 is 0.975 bits per heavy atom. The highest BCUT2D eigenvalue weighted by molar-refractivity contribution is 5.91. The van der Waals surface area contributed by atoms with E-state index in [0.717, 1.165) is 26.2 Å². The van der Waals surface area contributed by atoms with E-state index in [9.17, 15) is 0 Å². The monoisotopic (exact) mass is 542 g/mol. The standard InChI is InChI=1S/C35H50N4O/c1-27-11-15-29(16-12-27)33(38-23-7-9-31(38)25-36-19-3-4-20-36)35(40)34(30-17-13-28(2)14-18-30)39-24-8-10-32(39)26-37-21-5-6-22-37/h11-18,31-34H,3-10,19-26H2,1-2H3/t31?,32?,33-,34-/m0/s1. The lowest BCUT2D eigenvalue weighted by Gasteiger charge is -2.40. The van der Waals surface area contributed by atoms with E-state index in [2.05, 4.69) is 82.0 Å². The Labute approximate surface area is 242 Å². The smallest absolute Gasteiger partial charge is 0.176 e. The van der Waals surface area contributed by atoms with Gasteiger partial charge in [0.05, 0.1) is 12.1 Å². The predicted octanol–water partition coefficient (Wildman–Crippen LogP) is 5.78. The Hall–Kier alpha value is -2.05. The third-order valence-corrected chi connectivity index (χ3v) is 10.2. The lowest BCUT2D eigenvalue weighted by atomic mass is 9.89. The fraction of sp³-hybridized carbons (Fsp3) is 0.629. The van der Waals surface area contributed by atoms with Crippen molar-refractivity contribution >= 4 is 5.78 Å². The average Bonchev–Trinajstić information content (AvgIpc) is 3.78. The topological polar surface area (TPSA) is 30.0 Å². The second-order valence-electron chi connectivity index (χ2n) is 13.1. The van der Waals surface area contributed by atoms with Crippen molar-refractivity contribution < 1.29 is 4.79 Å². The zero-order valence-electron chi connectivity index (χ0n) is 24.9. The summed E-state index contributed by atoms with van der Waals surface area (Å²) in [5.41, 5.74) is 4.86. The Morgan fingerprint density at radius 1 is 0.600 bits per heavy atom. The van der Waals surface area contributed by atoms with Crippen LogP contribution < -0.4 is 0 Å². The van der Waals surface area contributed by atoms with Gasteiger partial charge in [-0.05, 0) is 116 Å². The van der Waals surface area contributed by atoms with Gasteiger partial charge in [0.1, 0.15) is 0 Å². The summed E-state index contributed by atoms with van der Waals surface area (Å²) in [5, 5.41) is 0. The summed E-state index contributed by atoms with van der Waals surface area (Å²) in [4.78, 5) is 25.7. The lowest BCUT2D eigenvalue weighted by Crippen LogP contribution is -2.49. The number of Topliss-reactive ketones (excluding diaryl/α,β-unsaturated/α-hetero) is 1. The van der Waals surface area contributed by atoms with Crippen LogP contribution in [0, 0.1) is 13.8 Å². The number of hydrogen-bond donors (Lipinski definition) is 0. The molecule has 5 heteroatoms. The maximum absolute atomic E-state index is 15.2. The third kappa shape index (κ3) is 6.23. The van der Waals surface area contributed by atoms with Gasteiger partial charge in [0.15, 0.2) is 5.78 Å². The van der Waals surface area contributed by atoms with Gasteiger partial charge >= 0.3 is 0 Å². The highest BCUT2D eigenvalue weighted by Crippen LogP contribution is 2.39. The van der Waals surface area contributed by atoms with Crippen LogP contribution in [-0.2, 0) is 4.79 Å². The first kappa shape index (κ1) is 28.1. The number of benzene rings is 2.